The van der Waals surface area contributed by atoms with Gasteiger partial charge >= 0.3 is 5.69 Å². The summed E-state index contributed by atoms with van der Waals surface area (Å²) in [6, 6.07) is 19.6. The van der Waals surface area contributed by atoms with Crippen LogP contribution in [-0.4, -0.2) is 39.1 Å². The number of hydrogen-bond acceptors (Lipinski definition) is 6. The van der Waals surface area contributed by atoms with Crippen molar-refractivity contribution in [3.05, 3.63) is 104 Å². The van der Waals surface area contributed by atoms with E-state index >= 15 is 0 Å². The highest BCUT2D eigenvalue weighted by molar-refractivity contribution is 5.17. The lowest BCUT2D eigenvalue weighted by Gasteiger charge is -2.44. The number of benzene rings is 2. The number of nitrogens with zero attached hydrogens (tertiary/aromatic N) is 1. The zero-order valence-electron chi connectivity index (χ0n) is 20.5. The molecule has 1 unspecified atom stereocenters. The molecular formula is C28H32N2O6. The normalized spacial score (nSPS) is 29.4. The summed E-state index contributed by atoms with van der Waals surface area (Å²) in [6.45, 7) is 4.46. The molecule has 2 bridgehead atoms. The molecule has 0 spiro atoms. The Morgan fingerprint density at radius 1 is 1.06 bits per heavy atom. The third-order valence-corrected chi connectivity index (χ3v) is 7.45. The van der Waals surface area contributed by atoms with Crippen molar-refractivity contribution in [2.45, 2.75) is 57.5 Å². The maximum Gasteiger partial charge on any atom is 0.330 e. The molecule has 1 aliphatic carbocycles. The number of aliphatic hydroxyl groups excluding tert-OH is 1. The molecule has 2 fully saturated rings. The number of nitrogens with one attached hydrogen (secondary N) is 1. The lowest BCUT2D eigenvalue weighted by atomic mass is 9.70. The zero-order valence-corrected chi connectivity index (χ0v) is 20.5. The molecule has 8 heteroatoms. The van der Waals surface area contributed by atoms with Gasteiger partial charge in [-0.05, 0) is 30.4 Å². The lowest BCUT2D eigenvalue weighted by Crippen LogP contribution is -2.59. The molecule has 5 rings (SSSR count). The van der Waals surface area contributed by atoms with E-state index in [2.05, 4.69) is 4.98 Å². The van der Waals surface area contributed by atoms with Crippen LogP contribution in [-0.2, 0) is 27.4 Å². The predicted molar refractivity (Wildman–Crippen MR) is 133 cm³/mol. The molecule has 0 radical (unpaired) electrons. The second kappa shape index (κ2) is 10.1. The summed E-state index contributed by atoms with van der Waals surface area (Å²) in [6.07, 6.45) is -0.0983. The molecule has 1 aliphatic heterocycles. The zero-order chi connectivity index (χ0) is 25.3. The van der Waals surface area contributed by atoms with Gasteiger partial charge in [0.15, 0.2) is 0 Å². The first-order valence-electron chi connectivity index (χ1n) is 12.3. The maximum absolute atomic E-state index is 12.8. The number of fused-ring (bicyclic) bond motifs is 2. The Kier molecular flexibility index (Phi) is 6.94. The summed E-state index contributed by atoms with van der Waals surface area (Å²) in [5.74, 6) is -0.241. The highest BCUT2D eigenvalue weighted by Gasteiger charge is 2.65. The van der Waals surface area contributed by atoms with E-state index < -0.39 is 35.3 Å². The molecule has 3 aromatic rings. The second-order valence-corrected chi connectivity index (χ2v) is 9.94. The van der Waals surface area contributed by atoms with Crippen molar-refractivity contribution < 1.29 is 19.3 Å². The largest absolute Gasteiger partial charge is 0.390 e. The third-order valence-electron chi connectivity index (χ3n) is 7.45. The smallest absolute Gasteiger partial charge is 0.330 e. The summed E-state index contributed by atoms with van der Waals surface area (Å²) >= 11 is 0. The van der Waals surface area contributed by atoms with Crippen LogP contribution in [0.2, 0.25) is 0 Å². The highest BCUT2D eigenvalue weighted by atomic mass is 16.6. The van der Waals surface area contributed by atoms with E-state index in [0.29, 0.717) is 25.2 Å². The monoisotopic (exact) mass is 492 g/mol. The van der Waals surface area contributed by atoms with Crippen molar-refractivity contribution >= 4 is 0 Å². The van der Waals surface area contributed by atoms with Gasteiger partial charge in [0.2, 0.25) is 0 Å². The Bertz CT molecular complexity index is 1290. The molecule has 2 aromatic carbocycles. The number of aryl methyl sites for hydroxylation is 1. The van der Waals surface area contributed by atoms with Crippen LogP contribution < -0.4 is 11.2 Å². The van der Waals surface area contributed by atoms with Gasteiger partial charge in [-0.3, -0.25) is 14.3 Å². The number of rotatable bonds is 8. The van der Waals surface area contributed by atoms with Crippen LogP contribution in [0.5, 0.6) is 0 Å². The van der Waals surface area contributed by atoms with Gasteiger partial charge < -0.3 is 19.3 Å². The SMILES string of the molecule is Cc1cn([C@@H]2O[C@@]3(COCc4ccccc4)[C@H](O)C[C@H](C)C2[C@@H]3OCc2ccccc2)c(=O)[nH]c1=O. The average Bonchev–Trinajstić information content (AvgIpc) is 3.15. The van der Waals surface area contributed by atoms with Crippen LogP contribution in [0.1, 0.15) is 36.3 Å². The first kappa shape index (κ1) is 24.6. The molecule has 1 aromatic heterocycles. The topological polar surface area (TPSA) is 103 Å². The first-order valence-corrected chi connectivity index (χ1v) is 12.3. The van der Waals surface area contributed by atoms with E-state index in [-0.39, 0.29) is 18.4 Å². The Morgan fingerprint density at radius 2 is 1.69 bits per heavy atom. The molecule has 2 heterocycles. The van der Waals surface area contributed by atoms with Gasteiger partial charge in [0.25, 0.3) is 5.56 Å². The molecule has 0 amide bonds. The minimum absolute atomic E-state index is 0.00495. The predicted octanol–water partition coefficient (Wildman–Crippen LogP) is 2.93. The van der Waals surface area contributed by atoms with Crippen molar-refractivity contribution in [3.63, 3.8) is 0 Å². The van der Waals surface area contributed by atoms with Crippen LogP contribution in [0.25, 0.3) is 0 Å². The first-order chi connectivity index (χ1) is 17.4. The second-order valence-electron chi connectivity index (χ2n) is 9.94. The quantitative estimate of drug-likeness (QED) is 0.501. The number of aliphatic hydroxyl groups is 1. The number of hydrogen-bond donors (Lipinski definition) is 2. The van der Waals surface area contributed by atoms with Crippen molar-refractivity contribution in [3.8, 4) is 0 Å². The van der Waals surface area contributed by atoms with Gasteiger partial charge in [0, 0.05) is 17.7 Å². The van der Waals surface area contributed by atoms with Gasteiger partial charge in [0.1, 0.15) is 11.8 Å². The number of H-pyrrole nitrogens is 1. The van der Waals surface area contributed by atoms with Crippen LogP contribution in [0, 0.1) is 18.8 Å². The number of aromatic amines is 1. The Labute approximate surface area is 209 Å². The van der Waals surface area contributed by atoms with E-state index in [4.69, 9.17) is 14.2 Å². The van der Waals surface area contributed by atoms with Crippen LogP contribution >= 0.6 is 0 Å². The fraction of sp³-hybridized carbons (Fsp3) is 0.429. The molecule has 1 saturated heterocycles. The average molecular weight is 493 g/mol. The van der Waals surface area contributed by atoms with E-state index in [9.17, 15) is 14.7 Å². The van der Waals surface area contributed by atoms with Crippen LogP contribution in [0.4, 0.5) is 0 Å². The van der Waals surface area contributed by atoms with Crippen LogP contribution in [0.15, 0.2) is 76.4 Å². The Morgan fingerprint density at radius 3 is 2.36 bits per heavy atom. The van der Waals surface area contributed by atoms with Crippen molar-refractivity contribution in [2.75, 3.05) is 6.61 Å². The minimum atomic E-state index is -1.17. The summed E-state index contributed by atoms with van der Waals surface area (Å²) in [5.41, 5.74) is 0.264. The Balaban J connectivity index is 1.49. The molecule has 190 valence electrons. The third kappa shape index (κ3) is 4.57. The minimum Gasteiger partial charge on any atom is -0.390 e. The van der Waals surface area contributed by atoms with Crippen molar-refractivity contribution in [1.82, 2.24) is 9.55 Å². The molecule has 2 aliphatic rings. The molecule has 36 heavy (non-hydrogen) atoms. The summed E-state index contributed by atoms with van der Waals surface area (Å²) in [4.78, 5) is 27.2. The van der Waals surface area contributed by atoms with Gasteiger partial charge in [-0.15, -0.1) is 0 Å². The standard InChI is InChI=1S/C28H32N2O6/c1-18-13-22(31)28(17-34-15-20-9-5-3-6-10-20)24(35-16-21-11-7-4-8-12-21)23(18)26(36-28)30-14-19(2)25(32)29-27(30)33/h3-12,14,18,22-24,26,31H,13,15-17H2,1-2H3,(H,29,32,33)/t18-,22+,23?,24-,26+,28-/m0/s1. The van der Waals surface area contributed by atoms with Crippen molar-refractivity contribution in [2.24, 2.45) is 11.8 Å². The summed E-state index contributed by atoms with van der Waals surface area (Å²) in [7, 11) is 0. The molecular weight excluding hydrogens is 460 g/mol. The maximum atomic E-state index is 12.8. The lowest BCUT2D eigenvalue weighted by molar-refractivity contribution is -0.211. The van der Waals surface area contributed by atoms with Gasteiger partial charge in [-0.2, -0.15) is 0 Å². The summed E-state index contributed by atoms with van der Waals surface area (Å²) in [5, 5.41) is 11.4. The van der Waals surface area contributed by atoms with E-state index in [1.54, 1.807) is 6.92 Å². The van der Waals surface area contributed by atoms with Crippen molar-refractivity contribution in [1.29, 1.82) is 0 Å². The van der Waals surface area contributed by atoms with E-state index in [1.165, 1.54) is 10.8 Å². The van der Waals surface area contributed by atoms with E-state index in [1.807, 2.05) is 67.6 Å². The fourth-order valence-corrected chi connectivity index (χ4v) is 5.55. The molecule has 8 nitrogen and oxygen atoms in total. The highest BCUT2D eigenvalue weighted by Crippen LogP contribution is 2.54. The Hall–Kier alpha value is -3.04. The van der Waals surface area contributed by atoms with Gasteiger partial charge in [-0.25, -0.2) is 4.79 Å². The number of aromatic nitrogens is 2. The van der Waals surface area contributed by atoms with E-state index in [0.717, 1.165) is 11.1 Å². The van der Waals surface area contributed by atoms with Crippen LogP contribution in [0.3, 0.4) is 0 Å². The van der Waals surface area contributed by atoms with Gasteiger partial charge in [-0.1, -0.05) is 67.6 Å². The molecule has 2 N–H and O–H groups in total. The fourth-order valence-electron chi connectivity index (χ4n) is 5.55. The molecule has 1 saturated carbocycles. The number of ether oxygens (including phenoxy) is 3. The molecule has 6 atom stereocenters. The summed E-state index contributed by atoms with van der Waals surface area (Å²) < 4.78 is 20.6. The van der Waals surface area contributed by atoms with Gasteiger partial charge in [0.05, 0.1) is 32.0 Å².